The van der Waals surface area contributed by atoms with Gasteiger partial charge in [0.1, 0.15) is 9.77 Å². The lowest BCUT2D eigenvalue weighted by Crippen LogP contribution is -2.17. The SMILES string of the molecule is O=C(Nc1ccccc1NS(=O)(=O)c1cccs1)c1ccc(Cl)cc1[N+](=O)[O-]. The second-order valence-corrected chi connectivity index (χ2v) is 8.75. The number of thiophene rings is 1. The number of anilines is 2. The summed E-state index contributed by atoms with van der Waals surface area (Å²) in [5.74, 6) is -0.772. The molecule has 0 spiro atoms. The van der Waals surface area contributed by atoms with Crippen LogP contribution < -0.4 is 10.0 Å². The molecular formula is C17H12ClN3O5S2. The first kappa shape index (κ1) is 19.8. The van der Waals surface area contributed by atoms with Crippen LogP contribution in [-0.4, -0.2) is 19.2 Å². The van der Waals surface area contributed by atoms with Gasteiger partial charge in [0.2, 0.25) is 0 Å². The molecule has 2 aromatic carbocycles. The molecule has 1 heterocycles. The zero-order valence-electron chi connectivity index (χ0n) is 14.0. The van der Waals surface area contributed by atoms with Crippen LogP contribution in [0.5, 0.6) is 0 Å². The Balaban J connectivity index is 1.91. The van der Waals surface area contributed by atoms with E-state index in [1.165, 1.54) is 30.3 Å². The highest BCUT2D eigenvalue weighted by molar-refractivity contribution is 7.94. The number of para-hydroxylation sites is 2. The number of halogens is 1. The molecule has 1 amide bonds. The van der Waals surface area contributed by atoms with E-state index in [2.05, 4.69) is 10.0 Å². The Morgan fingerprint density at radius 2 is 1.79 bits per heavy atom. The molecule has 3 rings (SSSR count). The van der Waals surface area contributed by atoms with Gasteiger partial charge < -0.3 is 5.32 Å². The van der Waals surface area contributed by atoms with Crippen LogP contribution in [0.25, 0.3) is 0 Å². The van der Waals surface area contributed by atoms with Crippen LogP contribution >= 0.6 is 22.9 Å². The third kappa shape index (κ3) is 4.30. The lowest BCUT2D eigenvalue weighted by Gasteiger charge is -2.13. The molecular weight excluding hydrogens is 426 g/mol. The Labute approximate surface area is 169 Å². The standard InChI is InChI=1S/C17H12ClN3O5S2/c18-11-7-8-12(15(10-11)21(23)24)17(22)19-13-4-1-2-5-14(13)20-28(25,26)16-6-3-9-27-16/h1-10,20H,(H,19,22). The first-order chi connectivity index (χ1) is 13.3. The van der Waals surface area contributed by atoms with Crippen LogP contribution in [0.3, 0.4) is 0 Å². The zero-order chi connectivity index (χ0) is 20.3. The molecule has 3 aromatic rings. The van der Waals surface area contributed by atoms with Crippen molar-refractivity contribution in [3.8, 4) is 0 Å². The van der Waals surface area contributed by atoms with E-state index < -0.39 is 26.5 Å². The van der Waals surface area contributed by atoms with Gasteiger partial charge in [0.15, 0.2) is 0 Å². The van der Waals surface area contributed by atoms with Gasteiger partial charge in [-0.05, 0) is 35.7 Å². The summed E-state index contributed by atoms with van der Waals surface area (Å²) in [5.41, 5.74) is -0.385. The van der Waals surface area contributed by atoms with Crippen molar-refractivity contribution in [2.24, 2.45) is 0 Å². The minimum atomic E-state index is -3.83. The molecule has 0 saturated heterocycles. The highest BCUT2D eigenvalue weighted by Gasteiger charge is 2.22. The monoisotopic (exact) mass is 437 g/mol. The first-order valence-corrected chi connectivity index (χ1v) is 10.4. The minimum Gasteiger partial charge on any atom is -0.320 e. The third-order valence-corrected chi connectivity index (χ3v) is 6.58. The number of sulfonamides is 1. The van der Waals surface area contributed by atoms with Crippen molar-refractivity contribution >= 4 is 55.9 Å². The van der Waals surface area contributed by atoms with Crippen LogP contribution in [0.1, 0.15) is 10.4 Å². The van der Waals surface area contributed by atoms with E-state index in [4.69, 9.17) is 11.6 Å². The average molecular weight is 438 g/mol. The van der Waals surface area contributed by atoms with Crippen molar-refractivity contribution in [1.82, 2.24) is 0 Å². The van der Waals surface area contributed by atoms with Crippen molar-refractivity contribution in [1.29, 1.82) is 0 Å². The predicted octanol–water partition coefficient (Wildman–Crippen LogP) is 4.36. The number of carbonyl (C=O) groups is 1. The van der Waals surface area contributed by atoms with Crippen molar-refractivity contribution in [3.63, 3.8) is 0 Å². The molecule has 0 aliphatic rings. The van der Waals surface area contributed by atoms with Gasteiger partial charge in [-0.25, -0.2) is 8.42 Å². The fraction of sp³-hybridized carbons (Fsp3) is 0. The van der Waals surface area contributed by atoms with Crippen LogP contribution in [0.4, 0.5) is 17.1 Å². The molecule has 0 atom stereocenters. The molecule has 0 aliphatic carbocycles. The fourth-order valence-corrected chi connectivity index (χ4v) is 4.57. The van der Waals surface area contributed by atoms with Crippen LogP contribution in [0.15, 0.2) is 64.2 Å². The Hall–Kier alpha value is -2.95. The van der Waals surface area contributed by atoms with Crippen molar-refractivity contribution in [2.75, 3.05) is 10.0 Å². The Kier molecular flexibility index (Phi) is 5.63. The van der Waals surface area contributed by atoms with Gasteiger partial charge in [0.25, 0.3) is 21.6 Å². The molecule has 2 N–H and O–H groups in total. The number of carbonyl (C=O) groups excluding carboxylic acids is 1. The highest BCUT2D eigenvalue weighted by atomic mass is 35.5. The normalized spacial score (nSPS) is 11.0. The molecule has 0 radical (unpaired) electrons. The Morgan fingerprint density at radius 1 is 1.07 bits per heavy atom. The summed E-state index contributed by atoms with van der Waals surface area (Å²) in [6, 6.07) is 12.8. The minimum absolute atomic E-state index is 0.113. The number of benzene rings is 2. The predicted molar refractivity (Wildman–Crippen MR) is 108 cm³/mol. The van der Waals surface area contributed by atoms with E-state index in [0.29, 0.717) is 0 Å². The fourth-order valence-electron chi connectivity index (χ4n) is 2.33. The smallest absolute Gasteiger partial charge is 0.283 e. The topological polar surface area (TPSA) is 118 Å². The number of nitro groups is 1. The van der Waals surface area contributed by atoms with Crippen LogP contribution in [0.2, 0.25) is 5.02 Å². The largest absolute Gasteiger partial charge is 0.320 e. The van der Waals surface area contributed by atoms with Crippen molar-refractivity contribution in [2.45, 2.75) is 4.21 Å². The number of rotatable bonds is 6. The van der Waals surface area contributed by atoms with Gasteiger partial charge in [0.05, 0.1) is 16.3 Å². The highest BCUT2D eigenvalue weighted by Crippen LogP contribution is 2.28. The van der Waals surface area contributed by atoms with Gasteiger partial charge in [-0.15, -0.1) is 11.3 Å². The number of nitro benzene ring substituents is 1. The summed E-state index contributed by atoms with van der Waals surface area (Å²) in [7, 11) is -3.83. The maximum atomic E-state index is 12.6. The maximum absolute atomic E-state index is 12.6. The third-order valence-electron chi connectivity index (χ3n) is 3.58. The summed E-state index contributed by atoms with van der Waals surface area (Å²) < 4.78 is 27.4. The molecule has 11 heteroatoms. The lowest BCUT2D eigenvalue weighted by molar-refractivity contribution is -0.385. The van der Waals surface area contributed by atoms with Gasteiger partial charge in [-0.2, -0.15) is 0 Å². The Bertz CT molecular complexity index is 1150. The van der Waals surface area contributed by atoms with Gasteiger partial charge in [-0.1, -0.05) is 29.8 Å². The molecule has 1 aromatic heterocycles. The molecule has 0 saturated carbocycles. The average Bonchev–Trinajstić information content (AvgIpc) is 3.18. The van der Waals surface area contributed by atoms with Crippen LogP contribution in [0, 0.1) is 10.1 Å². The van der Waals surface area contributed by atoms with E-state index in [9.17, 15) is 23.3 Å². The summed E-state index contributed by atoms with van der Waals surface area (Å²) in [5, 5.41) is 15.4. The summed E-state index contributed by atoms with van der Waals surface area (Å²) in [6.07, 6.45) is 0. The molecule has 0 aliphatic heterocycles. The van der Waals surface area contributed by atoms with E-state index in [1.54, 1.807) is 23.6 Å². The number of amides is 1. The van der Waals surface area contributed by atoms with Gasteiger partial charge in [0, 0.05) is 11.1 Å². The van der Waals surface area contributed by atoms with Crippen molar-refractivity contribution < 1.29 is 18.1 Å². The number of nitrogens with zero attached hydrogens (tertiary/aromatic N) is 1. The van der Waals surface area contributed by atoms with E-state index in [1.807, 2.05) is 0 Å². The zero-order valence-corrected chi connectivity index (χ0v) is 16.3. The Morgan fingerprint density at radius 3 is 2.43 bits per heavy atom. The van der Waals surface area contributed by atoms with Gasteiger partial charge >= 0.3 is 0 Å². The second-order valence-electron chi connectivity index (χ2n) is 5.46. The van der Waals surface area contributed by atoms with Crippen molar-refractivity contribution in [3.05, 3.63) is 80.7 Å². The molecule has 28 heavy (non-hydrogen) atoms. The number of hydrogen-bond donors (Lipinski definition) is 2. The quantitative estimate of drug-likeness (QED) is 0.438. The molecule has 0 fully saturated rings. The summed E-state index contributed by atoms with van der Waals surface area (Å²) >= 11 is 6.81. The molecule has 144 valence electrons. The first-order valence-electron chi connectivity index (χ1n) is 7.68. The van der Waals surface area contributed by atoms with E-state index in [-0.39, 0.29) is 26.2 Å². The van der Waals surface area contributed by atoms with E-state index >= 15 is 0 Å². The molecule has 8 nitrogen and oxygen atoms in total. The summed E-state index contributed by atoms with van der Waals surface area (Å²) in [4.78, 5) is 23.0. The van der Waals surface area contributed by atoms with Crippen LogP contribution in [-0.2, 0) is 10.0 Å². The molecule has 0 unspecified atom stereocenters. The number of hydrogen-bond acceptors (Lipinski definition) is 6. The summed E-state index contributed by atoms with van der Waals surface area (Å²) in [6.45, 7) is 0. The molecule has 0 bridgehead atoms. The van der Waals surface area contributed by atoms with E-state index in [0.717, 1.165) is 17.4 Å². The number of nitrogens with one attached hydrogen (secondary N) is 2. The van der Waals surface area contributed by atoms with Gasteiger partial charge in [-0.3, -0.25) is 19.6 Å². The maximum Gasteiger partial charge on any atom is 0.283 e. The second kappa shape index (κ2) is 7.97. The lowest BCUT2D eigenvalue weighted by atomic mass is 10.1.